The molecule has 1 heterocycles. The van der Waals surface area contributed by atoms with Crippen molar-refractivity contribution in [1.82, 2.24) is 15.2 Å². The molecule has 2 aromatic carbocycles. The van der Waals surface area contributed by atoms with Crippen LogP contribution < -0.4 is 5.56 Å². The number of aromatic nitrogens is 3. The first-order valence-electron chi connectivity index (χ1n) is 7.11. The summed E-state index contributed by atoms with van der Waals surface area (Å²) in [5, 5.41) is 17.5. The minimum absolute atomic E-state index is 0.237. The zero-order chi connectivity index (χ0) is 16.9. The number of aromatic amines is 1. The van der Waals surface area contributed by atoms with E-state index < -0.39 is 5.97 Å². The highest BCUT2D eigenvalue weighted by Crippen LogP contribution is 2.21. The van der Waals surface area contributed by atoms with Crippen LogP contribution in [-0.2, 0) is 5.75 Å². The zero-order valence-electron chi connectivity index (χ0n) is 12.5. The first-order valence-corrected chi connectivity index (χ1v) is 8.10. The Kier molecular flexibility index (Phi) is 4.72. The van der Waals surface area contributed by atoms with Crippen LogP contribution in [0, 0.1) is 0 Å². The highest BCUT2D eigenvalue weighted by molar-refractivity contribution is 7.98. The lowest BCUT2D eigenvalue weighted by atomic mass is 10.1. The summed E-state index contributed by atoms with van der Waals surface area (Å²) in [4.78, 5) is 26.0. The second-order valence-electron chi connectivity index (χ2n) is 4.92. The van der Waals surface area contributed by atoms with Crippen LogP contribution in [0.3, 0.4) is 0 Å². The van der Waals surface area contributed by atoms with Crippen molar-refractivity contribution >= 4 is 17.7 Å². The molecule has 2 N–H and O–H groups in total. The van der Waals surface area contributed by atoms with Crippen molar-refractivity contribution in [2.45, 2.75) is 10.9 Å². The molecule has 120 valence electrons. The van der Waals surface area contributed by atoms with Crippen molar-refractivity contribution in [3.63, 3.8) is 0 Å². The maximum absolute atomic E-state index is 12.2. The van der Waals surface area contributed by atoms with E-state index in [4.69, 9.17) is 0 Å². The molecule has 24 heavy (non-hydrogen) atoms. The number of rotatable bonds is 5. The van der Waals surface area contributed by atoms with Crippen LogP contribution in [0.15, 0.2) is 64.5 Å². The van der Waals surface area contributed by atoms with Crippen molar-refractivity contribution in [3.05, 3.63) is 76.1 Å². The molecule has 0 saturated heterocycles. The van der Waals surface area contributed by atoms with Gasteiger partial charge >= 0.3 is 5.97 Å². The van der Waals surface area contributed by atoms with Gasteiger partial charge < -0.3 is 5.11 Å². The third-order valence-corrected chi connectivity index (χ3v) is 4.25. The Bertz CT molecular complexity index is 926. The number of carbonyl (C=O) groups is 1. The lowest BCUT2D eigenvalue weighted by Crippen LogP contribution is -2.14. The van der Waals surface area contributed by atoms with E-state index in [1.54, 1.807) is 36.4 Å². The summed E-state index contributed by atoms with van der Waals surface area (Å²) in [6, 6.07) is 15.8. The maximum Gasteiger partial charge on any atom is 0.335 e. The number of aromatic carboxylic acids is 1. The van der Waals surface area contributed by atoms with Gasteiger partial charge in [-0.25, -0.2) is 4.79 Å². The number of thioether (sulfide) groups is 1. The molecule has 0 atom stereocenters. The Morgan fingerprint density at radius 1 is 1.04 bits per heavy atom. The van der Waals surface area contributed by atoms with Crippen LogP contribution >= 0.6 is 11.8 Å². The summed E-state index contributed by atoms with van der Waals surface area (Å²) < 4.78 is 0. The van der Waals surface area contributed by atoms with Crippen molar-refractivity contribution in [3.8, 4) is 11.3 Å². The Hall–Kier alpha value is -2.93. The first-order chi connectivity index (χ1) is 11.6. The predicted molar refractivity (Wildman–Crippen MR) is 91.1 cm³/mol. The van der Waals surface area contributed by atoms with E-state index >= 15 is 0 Å². The van der Waals surface area contributed by atoms with Gasteiger partial charge in [-0.05, 0) is 11.6 Å². The summed E-state index contributed by atoms with van der Waals surface area (Å²) in [7, 11) is 0. The van der Waals surface area contributed by atoms with Crippen molar-refractivity contribution in [2.24, 2.45) is 0 Å². The third-order valence-electron chi connectivity index (χ3n) is 3.34. The summed E-state index contributed by atoms with van der Waals surface area (Å²) in [6.45, 7) is 0. The number of benzene rings is 2. The summed E-state index contributed by atoms with van der Waals surface area (Å²) in [5.41, 5.74) is 1.51. The van der Waals surface area contributed by atoms with Gasteiger partial charge in [-0.1, -0.05) is 60.3 Å². The molecule has 6 nitrogen and oxygen atoms in total. The summed E-state index contributed by atoms with van der Waals surface area (Å²) >= 11 is 1.23. The van der Waals surface area contributed by atoms with Gasteiger partial charge in [-0.15, -0.1) is 10.2 Å². The fraction of sp³-hybridized carbons (Fsp3) is 0.0588. The molecular weight excluding hydrogens is 326 g/mol. The van der Waals surface area contributed by atoms with E-state index in [1.165, 1.54) is 11.8 Å². The number of hydrogen-bond acceptors (Lipinski definition) is 5. The number of carboxylic acid groups (broad SMARTS) is 1. The second kappa shape index (κ2) is 7.10. The van der Waals surface area contributed by atoms with Crippen molar-refractivity contribution in [1.29, 1.82) is 0 Å². The molecule has 0 spiro atoms. The van der Waals surface area contributed by atoms with Crippen LogP contribution in [0.1, 0.15) is 15.9 Å². The number of H-pyrrole nitrogens is 1. The molecule has 0 radical (unpaired) electrons. The van der Waals surface area contributed by atoms with E-state index in [0.29, 0.717) is 22.0 Å². The molecule has 0 aliphatic heterocycles. The SMILES string of the molecule is O=C(O)c1ccccc1CSc1nnc(-c2ccccc2)c(=O)[nH]1. The fourth-order valence-electron chi connectivity index (χ4n) is 2.17. The van der Waals surface area contributed by atoms with E-state index in [9.17, 15) is 14.7 Å². The number of hydrogen-bond donors (Lipinski definition) is 2. The largest absolute Gasteiger partial charge is 0.478 e. The zero-order valence-corrected chi connectivity index (χ0v) is 13.3. The number of nitrogens with zero attached hydrogens (tertiary/aromatic N) is 2. The van der Waals surface area contributed by atoms with Gasteiger partial charge in [0.1, 0.15) is 0 Å². The molecule has 0 fully saturated rings. The molecule has 1 aromatic heterocycles. The van der Waals surface area contributed by atoms with Gasteiger partial charge in [-0.2, -0.15) is 0 Å². The van der Waals surface area contributed by atoms with Crippen LogP contribution in [0.4, 0.5) is 0 Å². The van der Waals surface area contributed by atoms with Gasteiger partial charge in [0.2, 0.25) is 0 Å². The van der Waals surface area contributed by atoms with Gasteiger partial charge in [0.25, 0.3) is 5.56 Å². The Morgan fingerprint density at radius 2 is 1.75 bits per heavy atom. The normalized spacial score (nSPS) is 10.5. The molecule has 0 unspecified atom stereocenters. The fourth-order valence-corrected chi connectivity index (χ4v) is 2.98. The molecule has 0 bridgehead atoms. The van der Waals surface area contributed by atoms with Crippen molar-refractivity contribution in [2.75, 3.05) is 0 Å². The lowest BCUT2D eigenvalue weighted by Gasteiger charge is -2.05. The quantitative estimate of drug-likeness (QED) is 0.694. The number of carboxylic acids is 1. The van der Waals surface area contributed by atoms with E-state index in [2.05, 4.69) is 15.2 Å². The van der Waals surface area contributed by atoms with Crippen LogP contribution in [0.2, 0.25) is 0 Å². The van der Waals surface area contributed by atoms with Gasteiger partial charge in [0.05, 0.1) is 5.56 Å². The third kappa shape index (κ3) is 3.52. The van der Waals surface area contributed by atoms with Gasteiger partial charge in [0, 0.05) is 11.3 Å². The summed E-state index contributed by atoms with van der Waals surface area (Å²) in [6.07, 6.45) is 0. The number of nitrogens with one attached hydrogen (secondary N) is 1. The molecule has 0 aliphatic carbocycles. The maximum atomic E-state index is 12.2. The molecule has 7 heteroatoms. The Labute approximate surface area is 141 Å². The lowest BCUT2D eigenvalue weighted by molar-refractivity contribution is 0.0696. The van der Waals surface area contributed by atoms with Crippen LogP contribution in [0.25, 0.3) is 11.3 Å². The molecule has 0 saturated carbocycles. The van der Waals surface area contributed by atoms with E-state index in [-0.39, 0.29) is 16.8 Å². The molecule has 0 amide bonds. The Balaban J connectivity index is 1.79. The standard InChI is InChI=1S/C17H13N3O3S/c21-15-14(11-6-2-1-3-7-11)19-20-17(18-15)24-10-12-8-4-5-9-13(12)16(22)23/h1-9H,10H2,(H,22,23)(H,18,20,21). The van der Waals surface area contributed by atoms with Gasteiger partial charge in [0.15, 0.2) is 10.9 Å². The highest BCUT2D eigenvalue weighted by atomic mass is 32.2. The van der Waals surface area contributed by atoms with E-state index in [0.717, 1.165) is 0 Å². The van der Waals surface area contributed by atoms with Crippen LogP contribution in [0.5, 0.6) is 0 Å². The highest BCUT2D eigenvalue weighted by Gasteiger charge is 2.11. The summed E-state index contributed by atoms with van der Waals surface area (Å²) in [5.74, 6) is -0.608. The molecule has 3 aromatic rings. The first kappa shape index (κ1) is 15.9. The smallest absolute Gasteiger partial charge is 0.335 e. The Morgan fingerprint density at radius 3 is 2.46 bits per heavy atom. The average Bonchev–Trinajstić information content (AvgIpc) is 2.61. The molecular formula is C17H13N3O3S. The minimum Gasteiger partial charge on any atom is -0.478 e. The van der Waals surface area contributed by atoms with Crippen molar-refractivity contribution < 1.29 is 9.90 Å². The molecule has 0 aliphatic rings. The average molecular weight is 339 g/mol. The van der Waals surface area contributed by atoms with E-state index in [1.807, 2.05) is 18.2 Å². The molecule has 3 rings (SSSR count). The van der Waals surface area contributed by atoms with Crippen LogP contribution in [-0.4, -0.2) is 26.3 Å². The monoisotopic (exact) mass is 339 g/mol. The van der Waals surface area contributed by atoms with Gasteiger partial charge in [-0.3, -0.25) is 9.78 Å². The predicted octanol–water partition coefficient (Wildman–Crippen LogP) is 2.82. The second-order valence-corrected chi connectivity index (χ2v) is 5.89. The topological polar surface area (TPSA) is 95.9 Å². The minimum atomic E-state index is -0.981.